The van der Waals surface area contributed by atoms with Gasteiger partial charge in [0.1, 0.15) is 0 Å². The molecule has 2 unspecified atom stereocenters. The van der Waals surface area contributed by atoms with Crippen molar-refractivity contribution in [2.45, 2.75) is 33.3 Å². The van der Waals surface area contributed by atoms with Crippen molar-refractivity contribution in [2.75, 3.05) is 0 Å². The van der Waals surface area contributed by atoms with Gasteiger partial charge in [-0.25, -0.2) is 9.36 Å². The summed E-state index contributed by atoms with van der Waals surface area (Å²) in [6.45, 7) is 5.57. The van der Waals surface area contributed by atoms with E-state index in [1.807, 2.05) is 13.8 Å². The Hall–Kier alpha value is -1.88. The average molecular weight is 277 g/mol. The van der Waals surface area contributed by atoms with E-state index < -0.39 is 23.7 Å². The van der Waals surface area contributed by atoms with Gasteiger partial charge >= 0.3 is 5.76 Å². The van der Waals surface area contributed by atoms with Gasteiger partial charge in [0.15, 0.2) is 5.58 Å². The Kier molecular flexibility index (Phi) is 4.09. The lowest BCUT2D eigenvalue weighted by Crippen LogP contribution is -2.34. The largest absolute Gasteiger partial charge is 0.426 e. The molecule has 2 rings (SSSR count). The lowest BCUT2D eigenvalue weighted by molar-refractivity contribution is 0.0571. The van der Waals surface area contributed by atoms with E-state index in [0.29, 0.717) is 17.5 Å². The van der Waals surface area contributed by atoms with Crippen LogP contribution in [0, 0.1) is 11.8 Å². The molecule has 1 heterocycles. The summed E-state index contributed by atoms with van der Waals surface area (Å²) >= 11 is 0. The van der Waals surface area contributed by atoms with Crippen molar-refractivity contribution in [3.63, 3.8) is 0 Å². The lowest BCUT2D eigenvalue weighted by Gasteiger charge is -2.19. The third-order valence-corrected chi connectivity index (χ3v) is 3.39. The zero-order chi connectivity index (χ0) is 14.9. The van der Waals surface area contributed by atoms with E-state index in [1.165, 1.54) is 0 Å². The highest BCUT2D eigenvalue weighted by molar-refractivity contribution is 5.90. The lowest BCUT2D eigenvalue weighted by atomic mass is 9.95. The summed E-state index contributed by atoms with van der Waals surface area (Å²) in [6, 6.07) is 6.75. The van der Waals surface area contributed by atoms with Crippen LogP contribution in [0.1, 0.15) is 32.0 Å². The van der Waals surface area contributed by atoms with Crippen molar-refractivity contribution in [1.29, 1.82) is 0 Å². The number of rotatable bonds is 4. The zero-order valence-corrected chi connectivity index (χ0v) is 11.9. The second-order valence-electron chi connectivity index (χ2n) is 5.49. The molecule has 5 heteroatoms. The predicted octanol–water partition coefficient (Wildman–Crippen LogP) is 2.28. The molecule has 0 saturated heterocycles. The minimum Gasteiger partial charge on any atom is -0.407 e. The molecule has 0 spiro atoms. The quantitative estimate of drug-likeness (QED) is 0.930. The average Bonchev–Trinajstić information content (AvgIpc) is 2.72. The van der Waals surface area contributed by atoms with Gasteiger partial charge in [0.05, 0.1) is 17.5 Å². The Morgan fingerprint density at radius 3 is 2.60 bits per heavy atom. The van der Waals surface area contributed by atoms with Crippen LogP contribution in [0.25, 0.3) is 11.1 Å². The van der Waals surface area contributed by atoms with E-state index in [-0.39, 0.29) is 5.92 Å². The number of para-hydroxylation sites is 2. The molecule has 108 valence electrons. The summed E-state index contributed by atoms with van der Waals surface area (Å²) in [5.74, 6) is -1.53. The second-order valence-corrected chi connectivity index (χ2v) is 5.49. The first-order valence-electron chi connectivity index (χ1n) is 6.74. The molecule has 0 aliphatic heterocycles. The Balaban J connectivity index is 2.36. The molecule has 0 radical (unpaired) electrons. The van der Waals surface area contributed by atoms with Crippen LogP contribution in [0.2, 0.25) is 0 Å². The fraction of sp³-hybridized carbons (Fsp3) is 0.467. The number of carbonyl (C=O) groups is 1. The van der Waals surface area contributed by atoms with Crippen LogP contribution >= 0.6 is 0 Å². The maximum atomic E-state index is 12.4. The number of hydrogen-bond acceptors (Lipinski definition) is 4. The molecule has 0 amide bonds. The van der Waals surface area contributed by atoms with Gasteiger partial charge in [0.2, 0.25) is 5.91 Å². The van der Waals surface area contributed by atoms with E-state index in [9.17, 15) is 14.7 Å². The second kappa shape index (κ2) is 5.63. The Bertz CT molecular complexity index is 668. The highest BCUT2D eigenvalue weighted by atomic mass is 16.4. The van der Waals surface area contributed by atoms with Crippen molar-refractivity contribution in [2.24, 2.45) is 11.8 Å². The highest BCUT2D eigenvalue weighted by Gasteiger charge is 2.27. The summed E-state index contributed by atoms with van der Waals surface area (Å²) in [7, 11) is 0. The van der Waals surface area contributed by atoms with Crippen molar-refractivity contribution >= 4 is 17.0 Å². The smallest absolute Gasteiger partial charge is 0.407 e. The predicted molar refractivity (Wildman–Crippen MR) is 75.7 cm³/mol. The van der Waals surface area contributed by atoms with E-state index in [4.69, 9.17) is 4.42 Å². The number of aromatic nitrogens is 1. The van der Waals surface area contributed by atoms with E-state index in [1.54, 1.807) is 31.2 Å². The molecule has 0 fully saturated rings. The van der Waals surface area contributed by atoms with Crippen LogP contribution in [-0.4, -0.2) is 21.7 Å². The number of aliphatic hydroxyl groups excluding tert-OH is 1. The third kappa shape index (κ3) is 2.67. The molecule has 1 aromatic heterocycles. The van der Waals surface area contributed by atoms with E-state index in [0.717, 1.165) is 4.57 Å². The summed E-state index contributed by atoms with van der Waals surface area (Å²) in [5.41, 5.74) is 0.808. The topological polar surface area (TPSA) is 72.4 Å². The molecule has 5 nitrogen and oxygen atoms in total. The maximum absolute atomic E-state index is 12.4. The normalized spacial score (nSPS) is 14.7. The van der Waals surface area contributed by atoms with Gasteiger partial charge in [0.25, 0.3) is 0 Å². The Labute approximate surface area is 116 Å². The number of fused-ring (bicyclic) bond motifs is 1. The van der Waals surface area contributed by atoms with Gasteiger partial charge in [-0.1, -0.05) is 32.9 Å². The fourth-order valence-corrected chi connectivity index (χ4v) is 2.23. The summed E-state index contributed by atoms with van der Waals surface area (Å²) < 4.78 is 6.04. The Morgan fingerprint density at radius 2 is 1.95 bits per heavy atom. The number of aliphatic hydroxyl groups is 1. The molecular formula is C15H19NO4. The van der Waals surface area contributed by atoms with Crippen LogP contribution < -0.4 is 5.76 Å². The Morgan fingerprint density at radius 1 is 1.30 bits per heavy atom. The summed E-state index contributed by atoms with van der Waals surface area (Å²) in [5, 5.41) is 10.1. The van der Waals surface area contributed by atoms with Crippen LogP contribution in [0.3, 0.4) is 0 Å². The molecule has 0 saturated carbocycles. The summed E-state index contributed by atoms with van der Waals surface area (Å²) in [4.78, 5) is 24.2. The van der Waals surface area contributed by atoms with Crippen molar-refractivity contribution < 1.29 is 14.3 Å². The van der Waals surface area contributed by atoms with Crippen molar-refractivity contribution in [1.82, 2.24) is 4.57 Å². The fourth-order valence-electron chi connectivity index (χ4n) is 2.23. The molecule has 20 heavy (non-hydrogen) atoms. The van der Waals surface area contributed by atoms with Gasteiger partial charge < -0.3 is 9.52 Å². The third-order valence-electron chi connectivity index (χ3n) is 3.39. The minimum absolute atomic E-state index is 0.276. The standard InChI is InChI=1S/C15H19NO4/c1-9(2)8-12(17)10(3)14(18)16-11-6-4-5-7-13(11)20-15(16)19/h4-7,9-10,12,17H,8H2,1-3H3. The number of nitrogens with zero attached hydrogens (tertiary/aromatic N) is 1. The van der Waals surface area contributed by atoms with Crippen LogP contribution in [0.4, 0.5) is 0 Å². The minimum atomic E-state index is -0.775. The van der Waals surface area contributed by atoms with Crippen molar-refractivity contribution in [3.8, 4) is 0 Å². The molecular weight excluding hydrogens is 258 g/mol. The molecule has 2 atom stereocenters. The summed E-state index contributed by atoms with van der Waals surface area (Å²) in [6.07, 6.45) is -0.264. The first-order valence-corrected chi connectivity index (χ1v) is 6.74. The molecule has 0 aliphatic rings. The zero-order valence-electron chi connectivity index (χ0n) is 11.9. The van der Waals surface area contributed by atoms with Crippen molar-refractivity contribution in [3.05, 3.63) is 34.8 Å². The van der Waals surface area contributed by atoms with Gasteiger partial charge in [-0.05, 0) is 24.5 Å². The highest BCUT2D eigenvalue weighted by Crippen LogP contribution is 2.18. The van der Waals surface area contributed by atoms with Crippen LogP contribution in [0.15, 0.2) is 33.5 Å². The molecule has 1 aromatic carbocycles. The number of benzene rings is 1. The SMILES string of the molecule is CC(C)CC(O)C(C)C(=O)n1c(=O)oc2ccccc21. The maximum Gasteiger partial charge on any atom is 0.426 e. The number of carbonyl (C=O) groups excluding carboxylic acids is 1. The first kappa shape index (κ1) is 14.5. The van der Waals surface area contributed by atoms with Gasteiger partial charge in [-0.15, -0.1) is 0 Å². The van der Waals surface area contributed by atoms with E-state index in [2.05, 4.69) is 0 Å². The number of hydrogen-bond donors (Lipinski definition) is 1. The van der Waals surface area contributed by atoms with Crippen LogP contribution in [0.5, 0.6) is 0 Å². The molecule has 2 aromatic rings. The van der Waals surface area contributed by atoms with Gasteiger partial charge in [-0.2, -0.15) is 0 Å². The molecule has 1 N–H and O–H groups in total. The number of oxazole rings is 1. The molecule has 0 aliphatic carbocycles. The first-order chi connectivity index (χ1) is 9.41. The molecule has 0 bridgehead atoms. The van der Waals surface area contributed by atoms with E-state index >= 15 is 0 Å². The monoisotopic (exact) mass is 277 g/mol. The van der Waals surface area contributed by atoms with Gasteiger partial charge in [0, 0.05) is 0 Å². The van der Waals surface area contributed by atoms with Crippen LogP contribution in [-0.2, 0) is 0 Å². The van der Waals surface area contributed by atoms with Gasteiger partial charge in [-0.3, -0.25) is 4.79 Å².